The molecule has 0 radical (unpaired) electrons. The zero-order chi connectivity index (χ0) is 13.4. The molecule has 0 bridgehead atoms. The number of aryl methyl sites for hydroxylation is 2. The number of hydrogen-bond acceptors (Lipinski definition) is 4. The fraction of sp³-hybridized carbons (Fsp3) is 0.267. The van der Waals surface area contributed by atoms with Crippen LogP contribution in [0.5, 0.6) is 0 Å². The highest BCUT2D eigenvalue weighted by Crippen LogP contribution is 2.22. The van der Waals surface area contributed by atoms with Crippen LogP contribution in [0.4, 0.5) is 0 Å². The van der Waals surface area contributed by atoms with Gasteiger partial charge in [0.25, 0.3) is 0 Å². The average Bonchev–Trinajstić information content (AvgIpc) is 2.37. The number of aromatic nitrogens is 3. The first-order chi connectivity index (χ1) is 9.17. The molecule has 2 aromatic heterocycles. The number of rotatable bonds is 2. The van der Waals surface area contributed by atoms with Crippen LogP contribution in [0.15, 0.2) is 24.4 Å². The van der Waals surface area contributed by atoms with Crippen molar-refractivity contribution >= 4 is 21.9 Å². The molecule has 2 heterocycles. The lowest BCUT2D eigenvalue weighted by Crippen LogP contribution is -2.06. The molecule has 3 rings (SSSR count). The third-order valence-electron chi connectivity index (χ3n) is 3.25. The van der Waals surface area contributed by atoms with E-state index in [1.54, 1.807) is 0 Å². The SMILES string of the molecule is Cc1cc(C)c2cc3cnc(CCN)nc3nc2c1. The standard InChI is InChI=1S/C15H16N4/c1-9-5-10(2)12-7-11-8-17-14(3-4-16)19-15(11)18-13(12)6-9/h5-8H,3-4,16H2,1-2H3. The van der Waals surface area contributed by atoms with Crippen LogP contribution in [0.1, 0.15) is 17.0 Å². The smallest absolute Gasteiger partial charge is 0.163 e. The molecule has 4 nitrogen and oxygen atoms in total. The minimum absolute atomic E-state index is 0.553. The van der Waals surface area contributed by atoms with E-state index in [9.17, 15) is 0 Å². The Morgan fingerprint density at radius 1 is 1.11 bits per heavy atom. The first-order valence-electron chi connectivity index (χ1n) is 6.41. The summed E-state index contributed by atoms with van der Waals surface area (Å²) >= 11 is 0. The minimum atomic E-state index is 0.553. The summed E-state index contributed by atoms with van der Waals surface area (Å²) < 4.78 is 0. The fourth-order valence-corrected chi connectivity index (χ4v) is 2.36. The van der Waals surface area contributed by atoms with E-state index in [1.165, 1.54) is 11.1 Å². The van der Waals surface area contributed by atoms with Gasteiger partial charge in [0.05, 0.1) is 5.52 Å². The molecule has 2 N–H and O–H groups in total. The second-order valence-electron chi connectivity index (χ2n) is 4.87. The van der Waals surface area contributed by atoms with Gasteiger partial charge in [-0.05, 0) is 43.7 Å². The summed E-state index contributed by atoms with van der Waals surface area (Å²) in [5.74, 6) is 0.756. The van der Waals surface area contributed by atoms with Crippen molar-refractivity contribution in [3.05, 3.63) is 41.3 Å². The van der Waals surface area contributed by atoms with Crippen molar-refractivity contribution in [2.24, 2.45) is 5.73 Å². The zero-order valence-corrected chi connectivity index (χ0v) is 11.1. The van der Waals surface area contributed by atoms with Crippen molar-refractivity contribution in [2.45, 2.75) is 20.3 Å². The summed E-state index contributed by atoms with van der Waals surface area (Å²) in [4.78, 5) is 13.4. The summed E-state index contributed by atoms with van der Waals surface area (Å²) in [6, 6.07) is 6.37. The van der Waals surface area contributed by atoms with Gasteiger partial charge in [-0.1, -0.05) is 6.07 Å². The number of hydrogen-bond donors (Lipinski definition) is 1. The Kier molecular flexibility index (Phi) is 2.87. The van der Waals surface area contributed by atoms with Crippen LogP contribution < -0.4 is 5.73 Å². The number of benzene rings is 1. The number of fused-ring (bicyclic) bond motifs is 2. The normalized spacial score (nSPS) is 11.3. The van der Waals surface area contributed by atoms with E-state index in [1.807, 2.05) is 6.20 Å². The molecule has 4 heteroatoms. The molecule has 0 atom stereocenters. The van der Waals surface area contributed by atoms with Gasteiger partial charge in [0.2, 0.25) is 0 Å². The van der Waals surface area contributed by atoms with E-state index in [2.05, 4.69) is 47.0 Å². The summed E-state index contributed by atoms with van der Waals surface area (Å²) in [7, 11) is 0. The molecular weight excluding hydrogens is 236 g/mol. The lowest BCUT2D eigenvalue weighted by atomic mass is 10.1. The molecule has 0 unspecified atom stereocenters. The zero-order valence-electron chi connectivity index (χ0n) is 11.1. The van der Waals surface area contributed by atoms with Crippen molar-refractivity contribution in [3.63, 3.8) is 0 Å². The van der Waals surface area contributed by atoms with Crippen molar-refractivity contribution in [2.75, 3.05) is 6.54 Å². The molecule has 0 aliphatic rings. The van der Waals surface area contributed by atoms with E-state index in [0.717, 1.165) is 27.8 Å². The summed E-state index contributed by atoms with van der Waals surface area (Å²) in [6.07, 6.45) is 2.52. The Morgan fingerprint density at radius 2 is 1.95 bits per heavy atom. The van der Waals surface area contributed by atoms with Gasteiger partial charge in [-0.3, -0.25) is 0 Å². The second-order valence-corrected chi connectivity index (χ2v) is 4.87. The Balaban J connectivity index is 2.29. The third kappa shape index (κ3) is 2.15. The highest BCUT2D eigenvalue weighted by molar-refractivity contribution is 5.92. The maximum Gasteiger partial charge on any atom is 0.163 e. The molecule has 0 saturated heterocycles. The quantitative estimate of drug-likeness (QED) is 0.711. The van der Waals surface area contributed by atoms with Crippen LogP contribution in [-0.2, 0) is 6.42 Å². The van der Waals surface area contributed by atoms with Crippen molar-refractivity contribution in [3.8, 4) is 0 Å². The average molecular weight is 252 g/mol. The Hall–Kier alpha value is -2.07. The molecule has 19 heavy (non-hydrogen) atoms. The van der Waals surface area contributed by atoms with Crippen LogP contribution in [0, 0.1) is 13.8 Å². The van der Waals surface area contributed by atoms with Crippen molar-refractivity contribution in [1.82, 2.24) is 15.0 Å². The van der Waals surface area contributed by atoms with Crippen LogP contribution in [-0.4, -0.2) is 21.5 Å². The van der Waals surface area contributed by atoms with Gasteiger partial charge in [0.1, 0.15) is 5.82 Å². The van der Waals surface area contributed by atoms with Crippen molar-refractivity contribution in [1.29, 1.82) is 0 Å². The molecule has 0 saturated carbocycles. The molecule has 0 aliphatic heterocycles. The number of pyridine rings is 1. The minimum Gasteiger partial charge on any atom is -0.330 e. The van der Waals surface area contributed by atoms with E-state index >= 15 is 0 Å². The summed E-state index contributed by atoms with van der Waals surface area (Å²) in [6.45, 7) is 4.74. The summed E-state index contributed by atoms with van der Waals surface area (Å²) in [5, 5.41) is 2.13. The van der Waals surface area contributed by atoms with Crippen LogP contribution in [0.25, 0.3) is 21.9 Å². The molecular formula is C15H16N4. The fourth-order valence-electron chi connectivity index (χ4n) is 2.36. The van der Waals surface area contributed by atoms with Crippen LogP contribution >= 0.6 is 0 Å². The Bertz CT molecular complexity index is 765. The van der Waals surface area contributed by atoms with Gasteiger partial charge in [-0.15, -0.1) is 0 Å². The Labute approximate surface area is 111 Å². The molecule has 96 valence electrons. The van der Waals surface area contributed by atoms with Gasteiger partial charge in [-0.2, -0.15) is 0 Å². The number of nitrogens with zero attached hydrogens (tertiary/aromatic N) is 3. The topological polar surface area (TPSA) is 64.7 Å². The van der Waals surface area contributed by atoms with E-state index in [0.29, 0.717) is 13.0 Å². The molecule has 0 amide bonds. The lowest BCUT2D eigenvalue weighted by molar-refractivity contribution is 0.876. The van der Waals surface area contributed by atoms with Crippen LogP contribution in [0.3, 0.4) is 0 Å². The van der Waals surface area contributed by atoms with Crippen molar-refractivity contribution < 1.29 is 0 Å². The molecule has 0 aliphatic carbocycles. The first-order valence-corrected chi connectivity index (χ1v) is 6.41. The molecule has 3 aromatic rings. The van der Waals surface area contributed by atoms with Gasteiger partial charge < -0.3 is 5.73 Å². The second kappa shape index (κ2) is 4.55. The van der Waals surface area contributed by atoms with E-state index in [4.69, 9.17) is 5.73 Å². The van der Waals surface area contributed by atoms with E-state index in [-0.39, 0.29) is 0 Å². The largest absolute Gasteiger partial charge is 0.330 e. The molecule has 0 fully saturated rings. The maximum atomic E-state index is 5.53. The van der Waals surface area contributed by atoms with E-state index < -0.39 is 0 Å². The molecule has 0 spiro atoms. The monoisotopic (exact) mass is 252 g/mol. The van der Waals surface area contributed by atoms with Gasteiger partial charge in [0, 0.05) is 23.4 Å². The van der Waals surface area contributed by atoms with Gasteiger partial charge in [-0.25, -0.2) is 15.0 Å². The maximum absolute atomic E-state index is 5.53. The highest BCUT2D eigenvalue weighted by atomic mass is 14.9. The summed E-state index contributed by atoms with van der Waals surface area (Å²) in [5.41, 5.74) is 9.72. The van der Waals surface area contributed by atoms with Crippen LogP contribution in [0.2, 0.25) is 0 Å². The predicted octanol–water partition coefficient (Wildman–Crippen LogP) is 2.30. The van der Waals surface area contributed by atoms with Gasteiger partial charge in [0.15, 0.2) is 5.65 Å². The highest BCUT2D eigenvalue weighted by Gasteiger charge is 2.06. The first kappa shape index (κ1) is 12.0. The lowest BCUT2D eigenvalue weighted by Gasteiger charge is -2.06. The predicted molar refractivity (Wildman–Crippen MR) is 77.1 cm³/mol. The molecule has 1 aromatic carbocycles. The Morgan fingerprint density at radius 3 is 2.74 bits per heavy atom. The third-order valence-corrected chi connectivity index (χ3v) is 3.25. The number of nitrogens with two attached hydrogens (primary N) is 1. The van der Waals surface area contributed by atoms with Gasteiger partial charge >= 0.3 is 0 Å².